The summed E-state index contributed by atoms with van der Waals surface area (Å²) in [5, 5.41) is 3.32. The predicted octanol–water partition coefficient (Wildman–Crippen LogP) is 3.36. The topological polar surface area (TPSA) is 99.9 Å². The van der Waals surface area contributed by atoms with Gasteiger partial charge in [0.2, 0.25) is 0 Å². The molecule has 1 heterocycles. The van der Waals surface area contributed by atoms with Gasteiger partial charge in [-0.3, -0.25) is 4.79 Å². The SMILES string of the molecule is CC(C)[C@@H](NC(=O)COC(=O)c1ccc(Cl)cc1N)c1ccc2c(c1)OCCO2. The molecular formula is C21H23ClN2O5. The van der Waals surface area contributed by atoms with Crippen molar-refractivity contribution < 1.29 is 23.8 Å². The molecule has 1 atom stereocenters. The number of rotatable bonds is 6. The number of halogens is 1. The second kappa shape index (κ2) is 9.05. The second-order valence-electron chi connectivity index (χ2n) is 7.00. The number of esters is 1. The number of carbonyl (C=O) groups is 2. The highest BCUT2D eigenvalue weighted by molar-refractivity contribution is 6.31. The van der Waals surface area contributed by atoms with Crippen molar-refractivity contribution in [2.75, 3.05) is 25.6 Å². The van der Waals surface area contributed by atoms with Crippen LogP contribution in [-0.4, -0.2) is 31.7 Å². The van der Waals surface area contributed by atoms with Crippen LogP contribution >= 0.6 is 11.6 Å². The molecule has 3 N–H and O–H groups in total. The molecule has 1 aliphatic rings. The number of amides is 1. The molecule has 0 unspecified atom stereocenters. The minimum Gasteiger partial charge on any atom is -0.486 e. The van der Waals surface area contributed by atoms with Gasteiger partial charge < -0.3 is 25.3 Å². The maximum atomic E-state index is 12.4. The van der Waals surface area contributed by atoms with Crippen LogP contribution in [0.5, 0.6) is 11.5 Å². The van der Waals surface area contributed by atoms with Gasteiger partial charge >= 0.3 is 5.97 Å². The Balaban J connectivity index is 1.63. The zero-order chi connectivity index (χ0) is 21.0. The Morgan fingerprint density at radius 2 is 1.86 bits per heavy atom. The average molecular weight is 419 g/mol. The fourth-order valence-electron chi connectivity index (χ4n) is 3.03. The van der Waals surface area contributed by atoms with Gasteiger partial charge in [-0.15, -0.1) is 0 Å². The summed E-state index contributed by atoms with van der Waals surface area (Å²) < 4.78 is 16.3. The number of ether oxygens (including phenoxy) is 3. The highest BCUT2D eigenvalue weighted by Crippen LogP contribution is 2.34. The molecule has 1 aliphatic heterocycles. The van der Waals surface area contributed by atoms with Gasteiger partial charge in [-0.1, -0.05) is 31.5 Å². The molecule has 8 heteroatoms. The van der Waals surface area contributed by atoms with E-state index < -0.39 is 18.5 Å². The van der Waals surface area contributed by atoms with E-state index in [1.54, 1.807) is 0 Å². The number of anilines is 1. The fourth-order valence-corrected chi connectivity index (χ4v) is 3.21. The molecule has 154 valence electrons. The number of benzene rings is 2. The van der Waals surface area contributed by atoms with Gasteiger partial charge in [-0.05, 0) is 41.8 Å². The molecule has 0 bridgehead atoms. The first-order valence-corrected chi connectivity index (χ1v) is 9.64. The third-order valence-corrected chi connectivity index (χ3v) is 4.71. The standard InChI is InChI=1S/C21H23ClN2O5/c1-12(2)20(13-3-6-17-18(9-13)28-8-7-27-17)24-19(25)11-29-21(26)15-5-4-14(22)10-16(15)23/h3-6,9-10,12,20H,7-8,11,23H2,1-2H3,(H,24,25)/t20-/m1/s1. The monoisotopic (exact) mass is 418 g/mol. The Morgan fingerprint density at radius 1 is 1.14 bits per heavy atom. The third kappa shape index (κ3) is 5.12. The van der Waals surface area contributed by atoms with E-state index in [4.69, 9.17) is 31.5 Å². The van der Waals surface area contributed by atoms with Crippen molar-refractivity contribution in [3.8, 4) is 11.5 Å². The molecule has 2 aromatic carbocycles. The maximum Gasteiger partial charge on any atom is 0.340 e. The summed E-state index contributed by atoms with van der Waals surface area (Å²) in [5.74, 6) is 0.333. The van der Waals surface area contributed by atoms with Gasteiger partial charge in [0.05, 0.1) is 11.6 Å². The van der Waals surface area contributed by atoms with Crippen LogP contribution in [0.1, 0.15) is 35.8 Å². The molecule has 0 spiro atoms. The Hall–Kier alpha value is -2.93. The summed E-state index contributed by atoms with van der Waals surface area (Å²) in [5.41, 5.74) is 7.01. The number of carbonyl (C=O) groups excluding carboxylic acids is 2. The highest BCUT2D eigenvalue weighted by Gasteiger charge is 2.22. The number of hydrogen-bond acceptors (Lipinski definition) is 6. The van der Waals surface area contributed by atoms with E-state index in [1.165, 1.54) is 18.2 Å². The molecule has 3 rings (SSSR count). The molecule has 0 aliphatic carbocycles. The normalized spacial score (nSPS) is 13.7. The van der Waals surface area contributed by atoms with Crippen LogP contribution in [0.4, 0.5) is 5.69 Å². The lowest BCUT2D eigenvalue weighted by atomic mass is 9.95. The summed E-state index contributed by atoms with van der Waals surface area (Å²) in [6, 6.07) is 9.75. The van der Waals surface area contributed by atoms with Crippen molar-refractivity contribution in [1.29, 1.82) is 0 Å². The Labute approximate surface area is 174 Å². The minimum atomic E-state index is -0.685. The number of hydrogen-bond donors (Lipinski definition) is 2. The summed E-state index contributed by atoms with van der Waals surface area (Å²) in [7, 11) is 0. The number of fused-ring (bicyclic) bond motifs is 1. The van der Waals surface area contributed by atoms with Crippen LogP contribution in [0, 0.1) is 5.92 Å². The lowest BCUT2D eigenvalue weighted by Gasteiger charge is -2.25. The van der Waals surface area contributed by atoms with E-state index >= 15 is 0 Å². The van der Waals surface area contributed by atoms with Crippen LogP contribution < -0.4 is 20.5 Å². The van der Waals surface area contributed by atoms with Gasteiger partial charge in [0.1, 0.15) is 13.2 Å². The summed E-state index contributed by atoms with van der Waals surface area (Å²) in [6.07, 6.45) is 0. The fraction of sp³-hybridized carbons (Fsp3) is 0.333. The maximum absolute atomic E-state index is 12.4. The summed E-state index contributed by atoms with van der Waals surface area (Å²) in [4.78, 5) is 24.6. The molecule has 0 saturated carbocycles. The van der Waals surface area contributed by atoms with Crippen LogP contribution in [0.2, 0.25) is 5.02 Å². The van der Waals surface area contributed by atoms with Gasteiger partial charge in [0.15, 0.2) is 18.1 Å². The van der Waals surface area contributed by atoms with E-state index in [0.717, 1.165) is 5.56 Å². The van der Waals surface area contributed by atoms with Crippen LogP contribution in [-0.2, 0) is 9.53 Å². The molecule has 0 aromatic heterocycles. The quantitative estimate of drug-likeness (QED) is 0.551. The largest absolute Gasteiger partial charge is 0.486 e. The third-order valence-electron chi connectivity index (χ3n) is 4.48. The Bertz CT molecular complexity index is 916. The predicted molar refractivity (Wildman–Crippen MR) is 109 cm³/mol. The lowest BCUT2D eigenvalue weighted by Crippen LogP contribution is -2.35. The van der Waals surface area contributed by atoms with Gasteiger partial charge in [-0.25, -0.2) is 4.79 Å². The van der Waals surface area contributed by atoms with Crippen LogP contribution in [0.3, 0.4) is 0 Å². The minimum absolute atomic E-state index is 0.101. The van der Waals surface area contributed by atoms with Crippen molar-refractivity contribution in [3.63, 3.8) is 0 Å². The van der Waals surface area contributed by atoms with E-state index in [0.29, 0.717) is 29.7 Å². The number of nitrogens with two attached hydrogens (primary N) is 1. The number of nitrogens with one attached hydrogen (secondary N) is 1. The van der Waals surface area contributed by atoms with E-state index in [9.17, 15) is 9.59 Å². The summed E-state index contributed by atoms with van der Waals surface area (Å²) in [6.45, 7) is 4.55. The first-order chi connectivity index (χ1) is 13.8. The van der Waals surface area contributed by atoms with Crippen LogP contribution in [0.15, 0.2) is 36.4 Å². The number of nitrogen functional groups attached to an aromatic ring is 1. The van der Waals surface area contributed by atoms with Crippen LogP contribution in [0.25, 0.3) is 0 Å². The molecule has 0 fully saturated rings. The first-order valence-electron chi connectivity index (χ1n) is 9.26. The Kier molecular flexibility index (Phi) is 6.49. The van der Waals surface area contributed by atoms with Gasteiger partial charge in [0, 0.05) is 10.7 Å². The molecule has 1 amide bonds. The molecule has 29 heavy (non-hydrogen) atoms. The van der Waals surface area contributed by atoms with Crippen molar-refractivity contribution in [2.24, 2.45) is 5.92 Å². The van der Waals surface area contributed by atoms with E-state index in [1.807, 2.05) is 32.0 Å². The molecule has 0 radical (unpaired) electrons. The van der Waals surface area contributed by atoms with Crippen molar-refractivity contribution >= 4 is 29.2 Å². The lowest BCUT2D eigenvalue weighted by molar-refractivity contribution is -0.125. The van der Waals surface area contributed by atoms with Gasteiger partial charge in [0.25, 0.3) is 5.91 Å². The average Bonchev–Trinajstić information content (AvgIpc) is 2.69. The first kappa shape index (κ1) is 20.8. The Morgan fingerprint density at radius 3 is 2.55 bits per heavy atom. The van der Waals surface area contributed by atoms with Crippen molar-refractivity contribution in [3.05, 3.63) is 52.5 Å². The zero-order valence-corrected chi connectivity index (χ0v) is 17.0. The smallest absolute Gasteiger partial charge is 0.340 e. The molecule has 2 aromatic rings. The van der Waals surface area contributed by atoms with Crippen molar-refractivity contribution in [1.82, 2.24) is 5.32 Å². The zero-order valence-electron chi connectivity index (χ0n) is 16.2. The second-order valence-corrected chi connectivity index (χ2v) is 7.44. The van der Waals surface area contributed by atoms with Gasteiger partial charge in [-0.2, -0.15) is 0 Å². The highest BCUT2D eigenvalue weighted by atomic mass is 35.5. The van der Waals surface area contributed by atoms with E-state index in [-0.39, 0.29) is 23.2 Å². The van der Waals surface area contributed by atoms with Crippen molar-refractivity contribution in [2.45, 2.75) is 19.9 Å². The van der Waals surface area contributed by atoms with E-state index in [2.05, 4.69) is 5.32 Å². The molecule has 7 nitrogen and oxygen atoms in total. The summed E-state index contributed by atoms with van der Waals surface area (Å²) >= 11 is 5.83. The molecular weight excluding hydrogens is 396 g/mol. The molecule has 0 saturated heterocycles.